The topological polar surface area (TPSA) is 43.1 Å². The van der Waals surface area contributed by atoms with Crippen LogP contribution in [0.5, 0.6) is 0 Å². The largest absolute Gasteiger partial charge is 0.398 e. The number of anilines is 1. The molecule has 0 heterocycles. The van der Waals surface area contributed by atoms with E-state index in [1.807, 2.05) is 0 Å². The Kier molecular flexibility index (Phi) is 3.95. The molecule has 2 rings (SSSR count). The van der Waals surface area contributed by atoms with E-state index in [2.05, 4.69) is 15.9 Å². The highest BCUT2D eigenvalue weighted by Crippen LogP contribution is 2.29. The summed E-state index contributed by atoms with van der Waals surface area (Å²) in [6.07, 6.45) is 0. The summed E-state index contributed by atoms with van der Waals surface area (Å²) in [6, 6.07) is 10.0. The van der Waals surface area contributed by atoms with E-state index in [1.165, 1.54) is 0 Å². The molecule has 0 bridgehead atoms. The van der Waals surface area contributed by atoms with E-state index >= 15 is 0 Å². The van der Waals surface area contributed by atoms with Crippen LogP contribution in [0.2, 0.25) is 10.0 Å². The predicted octanol–water partition coefficient (Wildman–Crippen LogP) is 4.57. The van der Waals surface area contributed by atoms with Crippen LogP contribution in [0.15, 0.2) is 40.9 Å². The number of carbonyl (C=O) groups excluding carboxylic acids is 1. The van der Waals surface area contributed by atoms with Crippen LogP contribution in [0.25, 0.3) is 0 Å². The second-order valence-electron chi connectivity index (χ2n) is 3.66. The molecule has 0 aliphatic heterocycles. The fourth-order valence-corrected chi connectivity index (χ4v) is 2.33. The molecule has 0 amide bonds. The monoisotopic (exact) mass is 343 g/mol. The number of ketones is 1. The average molecular weight is 345 g/mol. The van der Waals surface area contributed by atoms with Gasteiger partial charge in [0.1, 0.15) is 0 Å². The van der Waals surface area contributed by atoms with Crippen molar-refractivity contribution in [3.63, 3.8) is 0 Å². The summed E-state index contributed by atoms with van der Waals surface area (Å²) < 4.78 is 0.814. The van der Waals surface area contributed by atoms with E-state index in [0.29, 0.717) is 21.8 Å². The van der Waals surface area contributed by atoms with Crippen LogP contribution in [-0.2, 0) is 0 Å². The van der Waals surface area contributed by atoms with Gasteiger partial charge in [-0.1, -0.05) is 45.2 Å². The van der Waals surface area contributed by atoms with Crippen LogP contribution in [-0.4, -0.2) is 5.78 Å². The minimum absolute atomic E-state index is 0.242. The highest BCUT2D eigenvalue weighted by Gasteiger charge is 2.16. The number of nitrogen functional groups attached to an aromatic ring is 1. The standard InChI is InChI=1S/C13H8BrCl2NO/c14-7-4-5-8(11(17)6-7)13(18)9-2-1-3-10(15)12(9)16/h1-6H,17H2. The Bertz CT molecular complexity index is 628. The Hall–Kier alpha value is -1.03. The van der Waals surface area contributed by atoms with Crippen LogP contribution in [0.3, 0.4) is 0 Å². The number of halogens is 3. The summed E-state index contributed by atoms with van der Waals surface area (Å²) in [7, 11) is 0. The number of nitrogens with two attached hydrogens (primary N) is 1. The van der Waals surface area contributed by atoms with Gasteiger partial charge in [0.2, 0.25) is 0 Å². The van der Waals surface area contributed by atoms with Gasteiger partial charge in [-0.05, 0) is 30.3 Å². The lowest BCUT2D eigenvalue weighted by Crippen LogP contribution is -2.06. The van der Waals surface area contributed by atoms with Crippen molar-refractivity contribution in [2.75, 3.05) is 5.73 Å². The zero-order valence-electron chi connectivity index (χ0n) is 9.08. The number of carbonyl (C=O) groups is 1. The fraction of sp³-hybridized carbons (Fsp3) is 0. The molecule has 0 unspecified atom stereocenters. The van der Waals surface area contributed by atoms with Crippen molar-refractivity contribution in [2.24, 2.45) is 0 Å². The Balaban J connectivity index is 2.51. The van der Waals surface area contributed by atoms with E-state index in [0.717, 1.165) is 4.47 Å². The summed E-state index contributed by atoms with van der Waals surface area (Å²) in [5.41, 5.74) is 6.97. The molecule has 2 aromatic carbocycles. The quantitative estimate of drug-likeness (QED) is 0.640. The summed E-state index contributed by atoms with van der Waals surface area (Å²) in [4.78, 5) is 12.3. The fourth-order valence-electron chi connectivity index (χ4n) is 1.56. The van der Waals surface area contributed by atoms with Crippen molar-refractivity contribution >= 4 is 50.6 Å². The maximum atomic E-state index is 12.3. The molecule has 2 nitrogen and oxygen atoms in total. The van der Waals surface area contributed by atoms with E-state index in [1.54, 1.807) is 36.4 Å². The smallest absolute Gasteiger partial charge is 0.196 e. The first-order chi connectivity index (χ1) is 8.50. The minimum atomic E-state index is -0.243. The first-order valence-corrected chi connectivity index (χ1v) is 6.59. The molecule has 0 saturated carbocycles. The van der Waals surface area contributed by atoms with Gasteiger partial charge in [-0.2, -0.15) is 0 Å². The van der Waals surface area contributed by atoms with Gasteiger partial charge in [0.25, 0.3) is 0 Å². The second kappa shape index (κ2) is 5.31. The third-order valence-corrected chi connectivity index (χ3v) is 3.77. The van der Waals surface area contributed by atoms with Crippen LogP contribution in [0.1, 0.15) is 15.9 Å². The number of hydrogen-bond acceptors (Lipinski definition) is 2. The van der Waals surface area contributed by atoms with Crippen molar-refractivity contribution in [2.45, 2.75) is 0 Å². The Labute approximate surface area is 123 Å². The molecule has 2 aromatic rings. The van der Waals surface area contributed by atoms with Gasteiger partial charge in [0.05, 0.1) is 10.0 Å². The zero-order chi connectivity index (χ0) is 13.3. The number of rotatable bonds is 2. The van der Waals surface area contributed by atoms with Gasteiger partial charge < -0.3 is 5.73 Å². The molecule has 0 fully saturated rings. The van der Waals surface area contributed by atoms with E-state index in [9.17, 15) is 4.79 Å². The molecule has 0 aliphatic rings. The van der Waals surface area contributed by atoms with Gasteiger partial charge in [-0.15, -0.1) is 0 Å². The molecule has 0 spiro atoms. The predicted molar refractivity (Wildman–Crippen MR) is 78.4 cm³/mol. The molecule has 5 heteroatoms. The molecule has 0 aliphatic carbocycles. The van der Waals surface area contributed by atoms with E-state index < -0.39 is 0 Å². The third-order valence-electron chi connectivity index (χ3n) is 2.45. The number of hydrogen-bond donors (Lipinski definition) is 1. The SMILES string of the molecule is Nc1cc(Br)ccc1C(=O)c1cccc(Cl)c1Cl. The lowest BCUT2D eigenvalue weighted by molar-refractivity contribution is 0.103. The first kappa shape index (κ1) is 13.4. The maximum Gasteiger partial charge on any atom is 0.196 e. The Morgan fingerprint density at radius 3 is 2.50 bits per heavy atom. The van der Waals surface area contributed by atoms with Crippen molar-refractivity contribution in [1.29, 1.82) is 0 Å². The summed E-state index contributed by atoms with van der Waals surface area (Å²) in [6.45, 7) is 0. The van der Waals surface area contributed by atoms with Gasteiger partial charge in [0, 0.05) is 21.3 Å². The molecule has 0 atom stereocenters. The van der Waals surface area contributed by atoms with Crippen LogP contribution in [0, 0.1) is 0 Å². The normalized spacial score (nSPS) is 10.4. The van der Waals surface area contributed by atoms with Crippen molar-refractivity contribution in [3.05, 3.63) is 62.0 Å². The second-order valence-corrected chi connectivity index (χ2v) is 5.36. The van der Waals surface area contributed by atoms with Crippen molar-refractivity contribution < 1.29 is 4.79 Å². The Morgan fingerprint density at radius 1 is 1.11 bits per heavy atom. The van der Waals surface area contributed by atoms with E-state index in [-0.39, 0.29) is 10.8 Å². The molecule has 92 valence electrons. The molecule has 0 saturated heterocycles. The highest BCUT2D eigenvalue weighted by molar-refractivity contribution is 9.10. The molecule has 0 aromatic heterocycles. The lowest BCUT2D eigenvalue weighted by atomic mass is 10.0. The Morgan fingerprint density at radius 2 is 1.83 bits per heavy atom. The van der Waals surface area contributed by atoms with Crippen LogP contribution in [0.4, 0.5) is 5.69 Å². The molecular formula is C13H8BrCl2NO. The summed E-state index contributed by atoms with van der Waals surface area (Å²) in [5.74, 6) is -0.243. The van der Waals surface area contributed by atoms with Crippen molar-refractivity contribution in [1.82, 2.24) is 0 Å². The average Bonchev–Trinajstić information content (AvgIpc) is 2.32. The van der Waals surface area contributed by atoms with Crippen LogP contribution < -0.4 is 5.73 Å². The third kappa shape index (κ3) is 2.53. The van der Waals surface area contributed by atoms with E-state index in [4.69, 9.17) is 28.9 Å². The van der Waals surface area contributed by atoms with Crippen molar-refractivity contribution in [3.8, 4) is 0 Å². The molecule has 18 heavy (non-hydrogen) atoms. The maximum absolute atomic E-state index is 12.3. The molecule has 2 N–H and O–H groups in total. The highest BCUT2D eigenvalue weighted by atomic mass is 79.9. The van der Waals surface area contributed by atoms with Gasteiger partial charge in [-0.25, -0.2) is 0 Å². The van der Waals surface area contributed by atoms with Gasteiger partial charge in [0.15, 0.2) is 5.78 Å². The summed E-state index contributed by atoms with van der Waals surface area (Å²) in [5, 5.41) is 0.588. The van der Waals surface area contributed by atoms with Gasteiger partial charge >= 0.3 is 0 Å². The number of benzene rings is 2. The zero-order valence-corrected chi connectivity index (χ0v) is 12.2. The molecule has 0 radical (unpaired) electrons. The minimum Gasteiger partial charge on any atom is -0.398 e. The first-order valence-electron chi connectivity index (χ1n) is 5.04. The summed E-state index contributed by atoms with van der Waals surface area (Å²) >= 11 is 15.2. The van der Waals surface area contributed by atoms with Gasteiger partial charge in [-0.3, -0.25) is 4.79 Å². The molecular weight excluding hydrogens is 337 g/mol. The van der Waals surface area contributed by atoms with Crippen LogP contribution >= 0.6 is 39.1 Å². The lowest BCUT2D eigenvalue weighted by Gasteiger charge is -2.07.